The molecule has 0 aliphatic carbocycles. The average Bonchev–Trinajstić information content (AvgIpc) is 2.15. The minimum atomic E-state index is -0.00836. The normalized spacial score (nSPS) is 46.4. The number of hydrogen-bond donors (Lipinski definition) is 0. The molecule has 0 bridgehead atoms. The standard InChI is InChI=1S/C10H19IO2/c1-6-7(2)9(5-11)13-10(12-4)8(6)3/h6-10H,5H2,1-4H3. The zero-order chi connectivity index (χ0) is 10.0. The largest absolute Gasteiger partial charge is 0.356 e. The van der Waals surface area contributed by atoms with Crippen LogP contribution in [0.5, 0.6) is 0 Å². The van der Waals surface area contributed by atoms with Crippen molar-refractivity contribution in [2.75, 3.05) is 11.5 Å². The number of rotatable bonds is 2. The smallest absolute Gasteiger partial charge is 0.160 e. The molecule has 0 amide bonds. The van der Waals surface area contributed by atoms with Gasteiger partial charge in [0.25, 0.3) is 0 Å². The summed E-state index contributed by atoms with van der Waals surface area (Å²) >= 11 is 2.38. The van der Waals surface area contributed by atoms with Crippen LogP contribution in [-0.4, -0.2) is 23.9 Å². The van der Waals surface area contributed by atoms with Crippen LogP contribution in [0.3, 0.4) is 0 Å². The van der Waals surface area contributed by atoms with Gasteiger partial charge in [-0.05, 0) is 11.8 Å². The van der Waals surface area contributed by atoms with Crippen LogP contribution in [0.1, 0.15) is 20.8 Å². The highest BCUT2D eigenvalue weighted by atomic mass is 127. The summed E-state index contributed by atoms with van der Waals surface area (Å²) in [6, 6.07) is 0. The second-order valence-corrected chi connectivity index (χ2v) is 4.89. The molecule has 0 N–H and O–H groups in total. The Morgan fingerprint density at radius 2 is 1.77 bits per heavy atom. The van der Waals surface area contributed by atoms with E-state index in [2.05, 4.69) is 43.4 Å². The van der Waals surface area contributed by atoms with E-state index in [1.807, 2.05) is 0 Å². The molecule has 1 rings (SSSR count). The molecule has 0 aromatic carbocycles. The first-order valence-electron chi connectivity index (χ1n) is 4.86. The minimum Gasteiger partial charge on any atom is -0.356 e. The Balaban J connectivity index is 2.66. The molecular formula is C10H19IO2. The number of hydrogen-bond acceptors (Lipinski definition) is 2. The highest BCUT2D eigenvalue weighted by molar-refractivity contribution is 14.1. The van der Waals surface area contributed by atoms with E-state index in [1.165, 1.54) is 0 Å². The van der Waals surface area contributed by atoms with Crippen LogP contribution in [-0.2, 0) is 9.47 Å². The predicted molar refractivity (Wildman–Crippen MR) is 62.0 cm³/mol. The van der Waals surface area contributed by atoms with Crippen molar-refractivity contribution in [1.29, 1.82) is 0 Å². The zero-order valence-electron chi connectivity index (χ0n) is 8.79. The van der Waals surface area contributed by atoms with Crippen molar-refractivity contribution in [3.8, 4) is 0 Å². The predicted octanol–water partition coefficient (Wildman–Crippen LogP) is 2.70. The molecule has 1 aliphatic rings. The molecule has 1 heterocycles. The third-order valence-corrected chi connectivity index (χ3v) is 4.24. The number of methoxy groups -OCH3 is 1. The quantitative estimate of drug-likeness (QED) is 0.576. The van der Waals surface area contributed by atoms with Gasteiger partial charge in [-0.3, -0.25) is 0 Å². The molecular weight excluding hydrogens is 279 g/mol. The maximum atomic E-state index is 5.85. The first kappa shape index (κ1) is 11.7. The van der Waals surface area contributed by atoms with Crippen LogP contribution < -0.4 is 0 Å². The molecule has 0 aromatic rings. The summed E-state index contributed by atoms with van der Waals surface area (Å²) in [6.07, 6.45) is 0.350. The monoisotopic (exact) mass is 298 g/mol. The van der Waals surface area contributed by atoms with Gasteiger partial charge in [-0.1, -0.05) is 43.4 Å². The molecule has 2 nitrogen and oxygen atoms in total. The third kappa shape index (κ3) is 2.36. The molecule has 1 fully saturated rings. The Morgan fingerprint density at radius 3 is 2.23 bits per heavy atom. The summed E-state index contributed by atoms with van der Waals surface area (Å²) in [5, 5.41) is 0. The maximum Gasteiger partial charge on any atom is 0.160 e. The Kier molecular flexibility index (Phi) is 4.45. The van der Waals surface area contributed by atoms with Crippen LogP contribution in [0, 0.1) is 17.8 Å². The Hall–Kier alpha value is 0.650. The van der Waals surface area contributed by atoms with Crippen molar-refractivity contribution >= 4 is 22.6 Å². The third-order valence-electron chi connectivity index (χ3n) is 3.37. The minimum absolute atomic E-state index is 0.00836. The Morgan fingerprint density at radius 1 is 1.15 bits per heavy atom. The zero-order valence-corrected chi connectivity index (χ0v) is 10.9. The topological polar surface area (TPSA) is 18.5 Å². The fourth-order valence-electron chi connectivity index (χ4n) is 1.93. The van der Waals surface area contributed by atoms with E-state index in [0.29, 0.717) is 23.9 Å². The fraction of sp³-hybridized carbons (Fsp3) is 1.00. The van der Waals surface area contributed by atoms with Crippen molar-refractivity contribution < 1.29 is 9.47 Å². The molecule has 0 saturated carbocycles. The van der Waals surface area contributed by atoms with Crippen LogP contribution in [0.4, 0.5) is 0 Å². The van der Waals surface area contributed by atoms with Gasteiger partial charge in [-0.15, -0.1) is 0 Å². The van der Waals surface area contributed by atoms with Gasteiger partial charge in [-0.25, -0.2) is 0 Å². The summed E-state index contributed by atoms with van der Waals surface area (Å²) in [5.74, 6) is 1.82. The summed E-state index contributed by atoms with van der Waals surface area (Å²) in [7, 11) is 1.73. The molecule has 3 heteroatoms. The van der Waals surface area contributed by atoms with Crippen molar-refractivity contribution in [3.05, 3.63) is 0 Å². The van der Waals surface area contributed by atoms with Crippen LogP contribution >= 0.6 is 22.6 Å². The van der Waals surface area contributed by atoms with Crippen LogP contribution in [0.25, 0.3) is 0 Å². The van der Waals surface area contributed by atoms with Crippen molar-refractivity contribution in [3.63, 3.8) is 0 Å². The van der Waals surface area contributed by atoms with E-state index in [9.17, 15) is 0 Å². The lowest BCUT2D eigenvalue weighted by Gasteiger charge is -2.42. The lowest BCUT2D eigenvalue weighted by molar-refractivity contribution is -0.230. The molecule has 1 saturated heterocycles. The molecule has 78 valence electrons. The van der Waals surface area contributed by atoms with E-state index in [-0.39, 0.29) is 6.29 Å². The molecule has 5 atom stereocenters. The van der Waals surface area contributed by atoms with Gasteiger partial charge in [0, 0.05) is 17.5 Å². The Bertz CT molecular complexity index is 143. The summed E-state index contributed by atoms with van der Waals surface area (Å²) < 4.78 is 12.2. The average molecular weight is 298 g/mol. The maximum absolute atomic E-state index is 5.85. The van der Waals surface area contributed by atoms with Crippen molar-refractivity contribution in [1.82, 2.24) is 0 Å². The van der Waals surface area contributed by atoms with Gasteiger partial charge in [0.2, 0.25) is 0 Å². The van der Waals surface area contributed by atoms with E-state index in [4.69, 9.17) is 9.47 Å². The number of halogens is 1. The van der Waals surface area contributed by atoms with E-state index < -0.39 is 0 Å². The molecule has 0 aromatic heterocycles. The highest BCUT2D eigenvalue weighted by Gasteiger charge is 2.38. The second kappa shape index (κ2) is 4.94. The lowest BCUT2D eigenvalue weighted by Crippen LogP contribution is -2.46. The van der Waals surface area contributed by atoms with Crippen molar-refractivity contribution in [2.45, 2.75) is 33.2 Å². The highest BCUT2D eigenvalue weighted by Crippen LogP contribution is 2.35. The molecule has 0 radical (unpaired) electrons. The number of alkyl halides is 1. The van der Waals surface area contributed by atoms with E-state index in [1.54, 1.807) is 7.11 Å². The van der Waals surface area contributed by atoms with Gasteiger partial charge < -0.3 is 9.47 Å². The van der Waals surface area contributed by atoms with Gasteiger partial charge in [0.1, 0.15) is 0 Å². The molecule has 1 aliphatic heterocycles. The first-order valence-corrected chi connectivity index (χ1v) is 6.38. The molecule has 13 heavy (non-hydrogen) atoms. The van der Waals surface area contributed by atoms with Gasteiger partial charge >= 0.3 is 0 Å². The molecule has 5 unspecified atom stereocenters. The SMILES string of the molecule is COC1OC(CI)C(C)C(C)C1C. The van der Waals surface area contributed by atoms with E-state index >= 15 is 0 Å². The van der Waals surface area contributed by atoms with Crippen molar-refractivity contribution in [2.24, 2.45) is 17.8 Å². The van der Waals surface area contributed by atoms with Gasteiger partial charge in [0.15, 0.2) is 6.29 Å². The lowest BCUT2D eigenvalue weighted by atomic mass is 9.79. The van der Waals surface area contributed by atoms with Crippen LogP contribution in [0.15, 0.2) is 0 Å². The first-order chi connectivity index (χ1) is 6.11. The van der Waals surface area contributed by atoms with Gasteiger partial charge in [-0.2, -0.15) is 0 Å². The summed E-state index contributed by atoms with van der Waals surface area (Å²) in [6.45, 7) is 6.78. The summed E-state index contributed by atoms with van der Waals surface area (Å²) in [5.41, 5.74) is 0. The number of ether oxygens (including phenoxy) is 2. The fourth-order valence-corrected chi connectivity index (χ4v) is 2.94. The summed E-state index contributed by atoms with van der Waals surface area (Å²) in [4.78, 5) is 0. The van der Waals surface area contributed by atoms with Crippen LogP contribution in [0.2, 0.25) is 0 Å². The van der Waals surface area contributed by atoms with Gasteiger partial charge in [0.05, 0.1) is 6.10 Å². The van der Waals surface area contributed by atoms with E-state index in [0.717, 1.165) is 4.43 Å². The molecule has 0 spiro atoms. The second-order valence-electron chi connectivity index (χ2n) is 4.01. The Labute approximate surface area is 94.5 Å².